The van der Waals surface area contributed by atoms with Gasteiger partial charge in [-0.25, -0.2) is 0 Å². The fourth-order valence-electron chi connectivity index (χ4n) is 9.30. The Labute approximate surface area is 332 Å². The lowest BCUT2D eigenvalue weighted by Crippen LogP contribution is -2.16. The zero-order valence-electron chi connectivity index (χ0n) is 31.9. The first kappa shape index (κ1) is 33.2. The van der Waals surface area contributed by atoms with Gasteiger partial charge in [-0.1, -0.05) is 172 Å². The summed E-state index contributed by atoms with van der Waals surface area (Å²) in [5.41, 5.74) is 17.3. The van der Waals surface area contributed by atoms with E-state index in [1.165, 1.54) is 55.3 Å². The molecule has 0 saturated heterocycles. The van der Waals surface area contributed by atoms with E-state index in [-0.39, 0.29) is 5.41 Å². The van der Waals surface area contributed by atoms with Gasteiger partial charge in [-0.15, -0.1) is 0 Å². The SMILES string of the molecule is CC1(C)c2cc(N(c3ccc(-c4ccccc4)cc3)c3cccc4oc5c(-c6ccccc6)cc6ccccc6c5c34)ccc2-c2c(-c3ccccc3)cccc21. The summed E-state index contributed by atoms with van der Waals surface area (Å²) in [7, 11) is 0. The first-order chi connectivity index (χ1) is 28.0. The number of benzene rings is 9. The van der Waals surface area contributed by atoms with Gasteiger partial charge in [0.2, 0.25) is 0 Å². The van der Waals surface area contributed by atoms with Crippen LogP contribution in [0.3, 0.4) is 0 Å². The summed E-state index contributed by atoms with van der Waals surface area (Å²) in [6.07, 6.45) is 0. The van der Waals surface area contributed by atoms with Crippen molar-refractivity contribution in [2.24, 2.45) is 0 Å². The highest BCUT2D eigenvalue weighted by Gasteiger charge is 2.37. The highest BCUT2D eigenvalue weighted by atomic mass is 16.3. The van der Waals surface area contributed by atoms with E-state index in [1.807, 2.05) is 0 Å². The predicted molar refractivity (Wildman–Crippen MR) is 240 cm³/mol. The molecule has 1 aromatic heterocycles. The summed E-state index contributed by atoms with van der Waals surface area (Å²) in [4.78, 5) is 2.44. The average molecular weight is 730 g/mol. The van der Waals surface area contributed by atoms with E-state index in [2.05, 4.69) is 219 Å². The van der Waals surface area contributed by atoms with Crippen molar-refractivity contribution in [3.05, 3.63) is 211 Å². The molecule has 2 nitrogen and oxygen atoms in total. The molecule has 0 N–H and O–H groups in total. The Kier molecular flexibility index (Phi) is 7.55. The Balaban J connectivity index is 1.17. The van der Waals surface area contributed by atoms with Crippen molar-refractivity contribution in [3.63, 3.8) is 0 Å². The molecule has 0 unspecified atom stereocenters. The maximum atomic E-state index is 6.96. The Hall–Kier alpha value is -7.16. The van der Waals surface area contributed by atoms with Crippen molar-refractivity contribution in [1.82, 2.24) is 0 Å². The predicted octanol–water partition coefficient (Wildman–Crippen LogP) is 15.5. The lowest BCUT2D eigenvalue weighted by Gasteiger charge is -2.29. The van der Waals surface area contributed by atoms with Crippen LogP contribution in [0.4, 0.5) is 17.1 Å². The molecular formula is C55H39NO. The van der Waals surface area contributed by atoms with E-state index < -0.39 is 0 Å². The third-order valence-electron chi connectivity index (χ3n) is 12.1. The minimum Gasteiger partial charge on any atom is -0.455 e. The van der Waals surface area contributed by atoms with Gasteiger partial charge < -0.3 is 9.32 Å². The van der Waals surface area contributed by atoms with E-state index in [1.54, 1.807) is 0 Å². The standard InChI is InChI=1S/C55H39NO/c1-55(2)47-25-14-24-43(38-18-8-4-9-19-38)51(47)45-33-32-42(35-48(45)55)56(41-30-28-37(29-31-41)36-16-6-3-7-17-36)49-26-15-27-50-53(49)52-44-23-13-12-22-40(44)34-46(54(52)57-50)39-20-10-5-11-21-39/h3-35H,1-2H3. The zero-order valence-corrected chi connectivity index (χ0v) is 31.9. The van der Waals surface area contributed by atoms with Crippen LogP contribution >= 0.6 is 0 Å². The first-order valence-corrected chi connectivity index (χ1v) is 19.8. The molecule has 57 heavy (non-hydrogen) atoms. The molecule has 1 heterocycles. The maximum absolute atomic E-state index is 6.96. The number of rotatable bonds is 6. The second-order valence-electron chi connectivity index (χ2n) is 15.7. The number of anilines is 3. The molecule has 11 rings (SSSR count). The van der Waals surface area contributed by atoms with Gasteiger partial charge in [-0.3, -0.25) is 0 Å². The molecule has 1 aliphatic rings. The molecule has 0 atom stereocenters. The van der Waals surface area contributed by atoms with Crippen LogP contribution < -0.4 is 4.90 Å². The van der Waals surface area contributed by atoms with Crippen LogP contribution in [-0.4, -0.2) is 0 Å². The highest BCUT2D eigenvalue weighted by molar-refractivity contribution is 6.26. The van der Waals surface area contributed by atoms with E-state index in [9.17, 15) is 0 Å². The van der Waals surface area contributed by atoms with Gasteiger partial charge in [0.15, 0.2) is 0 Å². The van der Waals surface area contributed by atoms with Crippen molar-refractivity contribution >= 4 is 49.8 Å². The Bertz CT molecular complexity index is 3120. The van der Waals surface area contributed by atoms with E-state index >= 15 is 0 Å². The van der Waals surface area contributed by atoms with Gasteiger partial charge in [0.05, 0.1) is 11.1 Å². The molecule has 270 valence electrons. The van der Waals surface area contributed by atoms with Crippen LogP contribution in [0.1, 0.15) is 25.0 Å². The van der Waals surface area contributed by atoms with Crippen molar-refractivity contribution in [1.29, 1.82) is 0 Å². The number of nitrogens with zero attached hydrogens (tertiary/aromatic N) is 1. The van der Waals surface area contributed by atoms with Crippen LogP contribution in [0.5, 0.6) is 0 Å². The molecule has 0 amide bonds. The molecule has 10 aromatic rings. The second kappa shape index (κ2) is 13.0. The molecule has 1 aliphatic carbocycles. The van der Waals surface area contributed by atoms with Gasteiger partial charge in [-0.2, -0.15) is 0 Å². The number of fused-ring (bicyclic) bond motifs is 8. The average Bonchev–Trinajstić information content (AvgIpc) is 3.78. The normalized spacial score (nSPS) is 12.9. The fourth-order valence-corrected chi connectivity index (χ4v) is 9.30. The Morgan fingerprint density at radius 3 is 1.77 bits per heavy atom. The molecular weight excluding hydrogens is 691 g/mol. The smallest absolute Gasteiger partial charge is 0.143 e. The van der Waals surface area contributed by atoms with Crippen molar-refractivity contribution in [2.75, 3.05) is 4.90 Å². The summed E-state index contributed by atoms with van der Waals surface area (Å²) in [5, 5.41) is 4.59. The number of furan rings is 1. The van der Waals surface area contributed by atoms with Crippen LogP contribution in [0.25, 0.3) is 77.2 Å². The summed E-state index contributed by atoms with van der Waals surface area (Å²) in [6, 6.07) is 72.4. The largest absolute Gasteiger partial charge is 0.455 e. The molecule has 0 aliphatic heterocycles. The third kappa shape index (κ3) is 5.25. The van der Waals surface area contributed by atoms with Gasteiger partial charge in [-0.05, 0) is 103 Å². The fraction of sp³-hybridized carbons (Fsp3) is 0.0545. The van der Waals surface area contributed by atoms with Crippen molar-refractivity contribution in [3.8, 4) is 44.5 Å². The van der Waals surface area contributed by atoms with E-state index in [0.717, 1.165) is 50.1 Å². The van der Waals surface area contributed by atoms with Gasteiger partial charge >= 0.3 is 0 Å². The van der Waals surface area contributed by atoms with Crippen LogP contribution in [-0.2, 0) is 5.41 Å². The molecule has 0 radical (unpaired) electrons. The lowest BCUT2D eigenvalue weighted by molar-refractivity contribution is 0.660. The van der Waals surface area contributed by atoms with Crippen molar-refractivity contribution < 1.29 is 4.42 Å². The quantitative estimate of drug-likeness (QED) is 0.169. The number of hydrogen-bond donors (Lipinski definition) is 0. The first-order valence-electron chi connectivity index (χ1n) is 19.8. The lowest BCUT2D eigenvalue weighted by atomic mass is 9.81. The Morgan fingerprint density at radius 2 is 1.04 bits per heavy atom. The summed E-state index contributed by atoms with van der Waals surface area (Å²) in [5.74, 6) is 0. The number of hydrogen-bond acceptors (Lipinski definition) is 2. The summed E-state index contributed by atoms with van der Waals surface area (Å²) >= 11 is 0. The van der Waals surface area contributed by atoms with Crippen LogP contribution in [0, 0.1) is 0 Å². The Morgan fingerprint density at radius 1 is 0.421 bits per heavy atom. The monoisotopic (exact) mass is 729 g/mol. The van der Waals surface area contributed by atoms with Crippen molar-refractivity contribution in [2.45, 2.75) is 19.3 Å². The summed E-state index contributed by atoms with van der Waals surface area (Å²) in [6.45, 7) is 4.74. The van der Waals surface area contributed by atoms with Crippen LogP contribution in [0.15, 0.2) is 205 Å². The van der Waals surface area contributed by atoms with E-state index in [0.29, 0.717) is 0 Å². The molecule has 0 saturated carbocycles. The molecule has 0 bridgehead atoms. The summed E-state index contributed by atoms with van der Waals surface area (Å²) < 4.78 is 6.96. The molecule has 9 aromatic carbocycles. The third-order valence-corrected chi connectivity index (χ3v) is 12.1. The van der Waals surface area contributed by atoms with Gasteiger partial charge in [0.25, 0.3) is 0 Å². The maximum Gasteiger partial charge on any atom is 0.143 e. The highest BCUT2D eigenvalue weighted by Crippen LogP contribution is 2.54. The zero-order chi connectivity index (χ0) is 38.1. The molecule has 2 heteroatoms. The van der Waals surface area contributed by atoms with Crippen LogP contribution in [0.2, 0.25) is 0 Å². The second-order valence-corrected chi connectivity index (χ2v) is 15.7. The van der Waals surface area contributed by atoms with Gasteiger partial charge in [0.1, 0.15) is 11.2 Å². The van der Waals surface area contributed by atoms with E-state index in [4.69, 9.17) is 4.42 Å². The van der Waals surface area contributed by atoms with Gasteiger partial charge in [0, 0.05) is 27.7 Å². The minimum absolute atomic E-state index is 0.205. The minimum atomic E-state index is -0.205. The molecule has 0 spiro atoms. The molecule has 0 fully saturated rings. The topological polar surface area (TPSA) is 16.4 Å².